The SMILES string of the molecule is C[C@H](N)c1ccc(Cl)nc1OCc1ccccc1.Cl. The van der Waals surface area contributed by atoms with Gasteiger partial charge in [-0.2, -0.15) is 0 Å². The molecule has 5 heteroatoms. The lowest BCUT2D eigenvalue weighted by Crippen LogP contribution is -2.09. The van der Waals surface area contributed by atoms with Crippen LogP contribution in [0.2, 0.25) is 5.15 Å². The molecule has 102 valence electrons. The summed E-state index contributed by atoms with van der Waals surface area (Å²) in [5.74, 6) is 0.501. The summed E-state index contributed by atoms with van der Waals surface area (Å²) in [5, 5.41) is 0.405. The number of benzene rings is 1. The Kier molecular flexibility index (Phi) is 6.09. The fourth-order valence-corrected chi connectivity index (χ4v) is 1.76. The molecule has 1 atom stereocenters. The van der Waals surface area contributed by atoms with Crippen LogP contribution in [0.5, 0.6) is 5.88 Å². The van der Waals surface area contributed by atoms with Crippen LogP contribution in [0.4, 0.5) is 0 Å². The molecule has 3 nitrogen and oxygen atoms in total. The third-order valence-electron chi connectivity index (χ3n) is 2.56. The molecule has 0 radical (unpaired) electrons. The molecule has 0 saturated carbocycles. The van der Waals surface area contributed by atoms with E-state index in [9.17, 15) is 0 Å². The van der Waals surface area contributed by atoms with E-state index in [1.165, 1.54) is 0 Å². The van der Waals surface area contributed by atoms with E-state index in [0.29, 0.717) is 17.6 Å². The van der Waals surface area contributed by atoms with Crippen molar-refractivity contribution in [2.75, 3.05) is 0 Å². The van der Waals surface area contributed by atoms with E-state index in [-0.39, 0.29) is 18.4 Å². The van der Waals surface area contributed by atoms with E-state index in [1.807, 2.05) is 43.3 Å². The van der Waals surface area contributed by atoms with Crippen LogP contribution >= 0.6 is 24.0 Å². The van der Waals surface area contributed by atoms with Gasteiger partial charge in [0.2, 0.25) is 5.88 Å². The topological polar surface area (TPSA) is 48.1 Å². The molecule has 2 aromatic rings. The van der Waals surface area contributed by atoms with Crippen molar-refractivity contribution in [3.05, 3.63) is 58.7 Å². The third-order valence-corrected chi connectivity index (χ3v) is 2.78. The van der Waals surface area contributed by atoms with Crippen molar-refractivity contribution in [1.29, 1.82) is 0 Å². The zero-order chi connectivity index (χ0) is 13.0. The number of aromatic nitrogens is 1. The summed E-state index contributed by atoms with van der Waals surface area (Å²) < 4.78 is 5.69. The Morgan fingerprint density at radius 2 is 1.89 bits per heavy atom. The lowest BCUT2D eigenvalue weighted by molar-refractivity contribution is 0.289. The van der Waals surface area contributed by atoms with Gasteiger partial charge in [0.05, 0.1) is 0 Å². The van der Waals surface area contributed by atoms with Gasteiger partial charge in [-0.3, -0.25) is 0 Å². The van der Waals surface area contributed by atoms with Gasteiger partial charge >= 0.3 is 0 Å². The van der Waals surface area contributed by atoms with Crippen LogP contribution in [0.25, 0.3) is 0 Å². The van der Waals surface area contributed by atoms with E-state index in [4.69, 9.17) is 22.1 Å². The monoisotopic (exact) mass is 298 g/mol. The molecule has 0 bridgehead atoms. The Labute approximate surface area is 124 Å². The van der Waals surface area contributed by atoms with Gasteiger partial charge in [-0.25, -0.2) is 4.98 Å². The fourth-order valence-electron chi connectivity index (χ4n) is 1.62. The maximum Gasteiger partial charge on any atom is 0.219 e. The molecule has 2 rings (SSSR count). The van der Waals surface area contributed by atoms with Gasteiger partial charge < -0.3 is 10.5 Å². The molecule has 2 N–H and O–H groups in total. The van der Waals surface area contributed by atoms with E-state index < -0.39 is 0 Å². The fraction of sp³-hybridized carbons (Fsp3) is 0.214. The van der Waals surface area contributed by atoms with Crippen LogP contribution in [0.3, 0.4) is 0 Å². The Morgan fingerprint density at radius 1 is 1.21 bits per heavy atom. The van der Waals surface area contributed by atoms with Gasteiger partial charge in [0.15, 0.2) is 0 Å². The zero-order valence-electron chi connectivity index (χ0n) is 10.5. The summed E-state index contributed by atoms with van der Waals surface area (Å²) in [5.41, 5.74) is 7.81. The average molecular weight is 299 g/mol. The van der Waals surface area contributed by atoms with Crippen LogP contribution < -0.4 is 10.5 Å². The number of nitrogens with two attached hydrogens (primary N) is 1. The first-order chi connectivity index (χ1) is 8.66. The molecule has 0 fully saturated rings. The van der Waals surface area contributed by atoms with Crippen molar-refractivity contribution in [3.8, 4) is 5.88 Å². The lowest BCUT2D eigenvalue weighted by Gasteiger charge is -2.13. The van der Waals surface area contributed by atoms with Crippen LogP contribution in [-0.4, -0.2) is 4.98 Å². The quantitative estimate of drug-likeness (QED) is 0.875. The summed E-state index contributed by atoms with van der Waals surface area (Å²) in [4.78, 5) is 4.17. The van der Waals surface area contributed by atoms with Gasteiger partial charge in [0.1, 0.15) is 11.8 Å². The minimum Gasteiger partial charge on any atom is -0.473 e. The minimum atomic E-state index is -0.138. The summed E-state index contributed by atoms with van der Waals surface area (Å²) in [6, 6.07) is 13.3. The summed E-state index contributed by atoms with van der Waals surface area (Å²) in [7, 11) is 0. The molecule has 0 unspecified atom stereocenters. The summed E-state index contributed by atoms with van der Waals surface area (Å²) >= 11 is 5.87. The highest BCUT2D eigenvalue weighted by Gasteiger charge is 2.10. The van der Waals surface area contributed by atoms with Crippen molar-refractivity contribution in [3.63, 3.8) is 0 Å². The Morgan fingerprint density at radius 3 is 2.53 bits per heavy atom. The second-order valence-corrected chi connectivity index (χ2v) is 4.48. The van der Waals surface area contributed by atoms with Gasteiger partial charge in [-0.05, 0) is 24.6 Å². The van der Waals surface area contributed by atoms with Gasteiger partial charge in [0, 0.05) is 11.6 Å². The Balaban J connectivity index is 0.00000180. The molecule has 0 spiro atoms. The van der Waals surface area contributed by atoms with E-state index in [2.05, 4.69) is 4.98 Å². The standard InChI is InChI=1S/C14H15ClN2O.ClH/c1-10(16)12-7-8-13(15)17-14(12)18-9-11-5-3-2-4-6-11;/h2-8,10H,9,16H2,1H3;1H/t10-;/m0./s1. The molecule has 0 aliphatic carbocycles. The number of hydrogen-bond donors (Lipinski definition) is 1. The number of nitrogens with zero attached hydrogens (tertiary/aromatic N) is 1. The molecular formula is C14H16Cl2N2O. The molecule has 0 amide bonds. The van der Waals surface area contributed by atoms with Crippen molar-refractivity contribution in [1.82, 2.24) is 4.98 Å². The second-order valence-electron chi connectivity index (χ2n) is 4.09. The normalized spacial score (nSPS) is 11.5. The third kappa shape index (κ3) is 4.39. The molecule has 1 aromatic carbocycles. The molecule has 0 aliphatic rings. The van der Waals surface area contributed by atoms with E-state index in [0.717, 1.165) is 11.1 Å². The van der Waals surface area contributed by atoms with Crippen molar-refractivity contribution < 1.29 is 4.74 Å². The second kappa shape index (κ2) is 7.34. The highest BCUT2D eigenvalue weighted by Crippen LogP contribution is 2.24. The summed E-state index contributed by atoms with van der Waals surface area (Å²) in [6.07, 6.45) is 0. The first-order valence-corrected chi connectivity index (χ1v) is 6.13. The Hall–Kier alpha value is -1.29. The highest BCUT2D eigenvalue weighted by molar-refractivity contribution is 6.29. The van der Waals surface area contributed by atoms with Gasteiger partial charge in [-0.1, -0.05) is 41.9 Å². The molecule has 1 heterocycles. The highest BCUT2D eigenvalue weighted by atomic mass is 35.5. The van der Waals surface area contributed by atoms with Crippen molar-refractivity contribution in [2.24, 2.45) is 5.73 Å². The number of rotatable bonds is 4. The van der Waals surface area contributed by atoms with Crippen LogP contribution in [0.1, 0.15) is 24.1 Å². The lowest BCUT2D eigenvalue weighted by atomic mass is 10.1. The molecule has 0 saturated heterocycles. The first-order valence-electron chi connectivity index (χ1n) is 5.75. The maximum atomic E-state index is 5.87. The van der Waals surface area contributed by atoms with E-state index in [1.54, 1.807) is 6.07 Å². The number of pyridine rings is 1. The zero-order valence-corrected chi connectivity index (χ0v) is 12.1. The number of hydrogen-bond acceptors (Lipinski definition) is 3. The predicted molar refractivity (Wildman–Crippen MR) is 79.9 cm³/mol. The Bertz CT molecular complexity index is 518. The van der Waals surface area contributed by atoms with Gasteiger partial charge in [-0.15, -0.1) is 12.4 Å². The smallest absolute Gasteiger partial charge is 0.219 e. The van der Waals surface area contributed by atoms with Gasteiger partial charge in [0.25, 0.3) is 0 Å². The van der Waals surface area contributed by atoms with Crippen LogP contribution in [0, 0.1) is 0 Å². The number of ether oxygens (including phenoxy) is 1. The molecule has 1 aromatic heterocycles. The minimum absolute atomic E-state index is 0. The molecule has 19 heavy (non-hydrogen) atoms. The molecular weight excluding hydrogens is 283 g/mol. The predicted octanol–water partition coefficient (Wildman–Crippen LogP) is 3.76. The van der Waals surface area contributed by atoms with E-state index >= 15 is 0 Å². The number of halogens is 2. The average Bonchev–Trinajstić information content (AvgIpc) is 2.37. The van der Waals surface area contributed by atoms with Crippen LogP contribution in [-0.2, 0) is 6.61 Å². The van der Waals surface area contributed by atoms with Crippen molar-refractivity contribution in [2.45, 2.75) is 19.6 Å². The molecule has 0 aliphatic heterocycles. The van der Waals surface area contributed by atoms with Crippen molar-refractivity contribution >= 4 is 24.0 Å². The summed E-state index contributed by atoms with van der Waals surface area (Å²) in [6.45, 7) is 2.34. The van der Waals surface area contributed by atoms with Crippen LogP contribution in [0.15, 0.2) is 42.5 Å². The first kappa shape index (κ1) is 15.8. The largest absolute Gasteiger partial charge is 0.473 e. The maximum absolute atomic E-state index is 5.87.